The van der Waals surface area contributed by atoms with E-state index in [0.29, 0.717) is 29.4 Å². The number of hydrogen-bond donors (Lipinski definition) is 2. The summed E-state index contributed by atoms with van der Waals surface area (Å²) in [5.74, 6) is 0.225. The van der Waals surface area contributed by atoms with Crippen LogP contribution in [0, 0.1) is 6.92 Å². The number of amides is 1. The van der Waals surface area contributed by atoms with Gasteiger partial charge in [-0.3, -0.25) is 9.78 Å². The second-order valence-corrected chi connectivity index (χ2v) is 5.92. The van der Waals surface area contributed by atoms with Crippen molar-refractivity contribution < 1.29 is 14.3 Å². The van der Waals surface area contributed by atoms with E-state index in [1.54, 1.807) is 49.6 Å². The minimum atomic E-state index is -0.406. The minimum absolute atomic E-state index is 0.255. The Balaban J connectivity index is 1.70. The molecule has 8 nitrogen and oxygen atoms in total. The predicted octanol–water partition coefficient (Wildman–Crippen LogP) is 2.64. The van der Waals surface area contributed by atoms with Crippen LogP contribution < -0.4 is 10.6 Å². The summed E-state index contributed by atoms with van der Waals surface area (Å²) >= 11 is 0. The van der Waals surface area contributed by atoms with E-state index in [1.807, 2.05) is 12.1 Å². The number of aryl methyl sites for hydroxylation is 1. The molecule has 1 aromatic carbocycles. The Morgan fingerprint density at radius 3 is 2.57 bits per heavy atom. The zero-order valence-electron chi connectivity index (χ0n) is 15.5. The van der Waals surface area contributed by atoms with Gasteiger partial charge in [-0.2, -0.15) is 0 Å². The highest BCUT2D eigenvalue weighted by molar-refractivity contribution is 5.93. The second-order valence-electron chi connectivity index (χ2n) is 5.92. The van der Waals surface area contributed by atoms with Crippen LogP contribution >= 0.6 is 0 Å². The first-order chi connectivity index (χ1) is 13.5. The molecule has 2 aromatic heterocycles. The Labute approximate surface area is 162 Å². The number of aromatic nitrogens is 3. The normalized spacial score (nSPS) is 10.2. The maximum absolute atomic E-state index is 12.4. The zero-order valence-corrected chi connectivity index (χ0v) is 15.5. The predicted molar refractivity (Wildman–Crippen MR) is 103 cm³/mol. The lowest BCUT2D eigenvalue weighted by Crippen LogP contribution is -2.24. The molecule has 0 unspecified atom stereocenters. The van der Waals surface area contributed by atoms with Crippen molar-refractivity contribution >= 4 is 23.4 Å². The van der Waals surface area contributed by atoms with E-state index in [0.717, 1.165) is 5.56 Å². The standard InChI is InChI=1S/C20H19N5O3/c1-13-23-17(19(26)22-12-14-4-3-9-21-11-14)10-18(24-13)25-16-7-5-15(6-8-16)20(27)28-2/h3-11H,12H2,1-2H3,(H,22,26)(H,23,24,25). The molecule has 2 N–H and O–H groups in total. The highest BCUT2D eigenvalue weighted by Crippen LogP contribution is 2.17. The fraction of sp³-hybridized carbons (Fsp3) is 0.150. The van der Waals surface area contributed by atoms with Gasteiger partial charge in [0.05, 0.1) is 12.7 Å². The molecule has 3 aromatic rings. The summed E-state index contributed by atoms with van der Waals surface area (Å²) in [6.07, 6.45) is 3.37. The molecule has 0 aliphatic heterocycles. The van der Waals surface area contributed by atoms with Crippen LogP contribution in [0.5, 0.6) is 0 Å². The summed E-state index contributed by atoms with van der Waals surface area (Å²) < 4.78 is 4.68. The monoisotopic (exact) mass is 377 g/mol. The van der Waals surface area contributed by atoms with Gasteiger partial charge in [-0.15, -0.1) is 0 Å². The topological polar surface area (TPSA) is 106 Å². The molecule has 142 valence electrons. The second kappa shape index (κ2) is 8.72. The molecule has 0 bridgehead atoms. The van der Waals surface area contributed by atoms with Crippen LogP contribution in [-0.2, 0) is 11.3 Å². The molecule has 0 spiro atoms. The molecule has 0 aliphatic rings. The molecular formula is C20H19N5O3. The van der Waals surface area contributed by atoms with Crippen LogP contribution in [0.1, 0.15) is 32.2 Å². The van der Waals surface area contributed by atoms with Gasteiger partial charge in [-0.1, -0.05) is 6.07 Å². The third kappa shape index (κ3) is 4.88. The number of pyridine rings is 1. The summed E-state index contributed by atoms with van der Waals surface area (Å²) in [5.41, 5.74) is 2.31. The van der Waals surface area contributed by atoms with Gasteiger partial charge in [-0.25, -0.2) is 14.8 Å². The first-order valence-electron chi connectivity index (χ1n) is 8.53. The van der Waals surface area contributed by atoms with Crippen molar-refractivity contribution in [1.82, 2.24) is 20.3 Å². The Morgan fingerprint density at radius 1 is 1.11 bits per heavy atom. The van der Waals surface area contributed by atoms with Gasteiger partial charge in [-0.05, 0) is 42.8 Å². The van der Waals surface area contributed by atoms with Crippen LogP contribution in [0.15, 0.2) is 54.9 Å². The third-order valence-electron chi connectivity index (χ3n) is 3.82. The maximum atomic E-state index is 12.4. The number of esters is 1. The fourth-order valence-electron chi connectivity index (χ4n) is 2.48. The number of hydrogen-bond acceptors (Lipinski definition) is 7. The third-order valence-corrected chi connectivity index (χ3v) is 3.82. The van der Waals surface area contributed by atoms with Crippen molar-refractivity contribution in [2.24, 2.45) is 0 Å². The molecule has 0 radical (unpaired) electrons. The molecule has 1 amide bonds. The Morgan fingerprint density at radius 2 is 1.89 bits per heavy atom. The molecule has 8 heteroatoms. The highest BCUT2D eigenvalue weighted by Gasteiger charge is 2.11. The summed E-state index contributed by atoms with van der Waals surface area (Å²) in [7, 11) is 1.33. The summed E-state index contributed by atoms with van der Waals surface area (Å²) in [5, 5.41) is 5.92. The largest absolute Gasteiger partial charge is 0.465 e. The van der Waals surface area contributed by atoms with Crippen molar-refractivity contribution in [3.8, 4) is 0 Å². The van der Waals surface area contributed by atoms with Crippen molar-refractivity contribution in [2.75, 3.05) is 12.4 Å². The SMILES string of the molecule is COC(=O)c1ccc(Nc2cc(C(=O)NCc3cccnc3)nc(C)n2)cc1. The number of carbonyl (C=O) groups excluding carboxylic acids is 2. The molecule has 28 heavy (non-hydrogen) atoms. The molecular weight excluding hydrogens is 358 g/mol. The van der Waals surface area contributed by atoms with E-state index in [9.17, 15) is 9.59 Å². The van der Waals surface area contributed by atoms with Crippen LogP contribution in [0.3, 0.4) is 0 Å². The first-order valence-corrected chi connectivity index (χ1v) is 8.53. The number of nitrogens with zero attached hydrogens (tertiary/aromatic N) is 3. The van der Waals surface area contributed by atoms with Gasteiger partial charge in [0, 0.05) is 30.7 Å². The summed E-state index contributed by atoms with van der Waals surface area (Å²) in [6, 6.07) is 12.0. The van der Waals surface area contributed by atoms with Gasteiger partial charge in [0.25, 0.3) is 5.91 Å². The van der Waals surface area contributed by atoms with E-state index in [2.05, 4.69) is 30.3 Å². The van der Waals surface area contributed by atoms with Gasteiger partial charge in [0.2, 0.25) is 0 Å². The Hall–Kier alpha value is -3.81. The number of anilines is 2. The highest BCUT2D eigenvalue weighted by atomic mass is 16.5. The number of rotatable bonds is 6. The van der Waals surface area contributed by atoms with E-state index >= 15 is 0 Å². The Bertz CT molecular complexity index is 975. The zero-order chi connectivity index (χ0) is 19.9. The maximum Gasteiger partial charge on any atom is 0.337 e. The van der Waals surface area contributed by atoms with E-state index in [-0.39, 0.29) is 11.6 Å². The van der Waals surface area contributed by atoms with Gasteiger partial charge in [0.1, 0.15) is 17.3 Å². The molecule has 0 aliphatic carbocycles. The van der Waals surface area contributed by atoms with Crippen LogP contribution in [0.25, 0.3) is 0 Å². The van der Waals surface area contributed by atoms with Gasteiger partial charge >= 0.3 is 5.97 Å². The minimum Gasteiger partial charge on any atom is -0.465 e. The number of ether oxygens (including phenoxy) is 1. The summed E-state index contributed by atoms with van der Waals surface area (Å²) in [4.78, 5) is 36.4. The average molecular weight is 377 g/mol. The lowest BCUT2D eigenvalue weighted by molar-refractivity contribution is 0.0600. The van der Waals surface area contributed by atoms with E-state index in [4.69, 9.17) is 0 Å². The van der Waals surface area contributed by atoms with Crippen LogP contribution in [0.2, 0.25) is 0 Å². The van der Waals surface area contributed by atoms with Crippen molar-refractivity contribution in [3.63, 3.8) is 0 Å². The summed E-state index contributed by atoms with van der Waals surface area (Å²) in [6.45, 7) is 2.07. The van der Waals surface area contributed by atoms with Crippen LogP contribution in [-0.4, -0.2) is 33.9 Å². The fourth-order valence-corrected chi connectivity index (χ4v) is 2.48. The van der Waals surface area contributed by atoms with E-state index < -0.39 is 5.97 Å². The molecule has 0 atom stereocenters. The molecule has 2 heterocycles. The number of methoxy groups -OCH3 is 1. The van der Waals surface area contributed by atoms with Crippen molar-refractivity contribution in [2.45, 2.75) is 13.5 Å². The van der Waals surface area contributed by atoms with Crippen molar-refractivity contribution in [3.05, 3.63) is 77.5 Å². The number of benzene rings is 1. The Kier molecular flexibility index (Phi) is 5.91. The number of nitrogens with one attached hydrogen (secondary N) is 2. The molecule has 0 fully saturated rings. The first kappa shape index (κ1) is 19.0. The van der Waals surface area contributed by atoms with E-state index in [1.165, 1.54) is 7.11 Å². The van der Waals surface area contributed by atoms with Crippen molar-refractivity contribution in [1.29, 1.82) is 0 Å². The smallest absolute Gasteiger partial charge is 0.337 e. The molecule has 3 rings (SSSR count). The molecule has 0 saturated heterocycles. The molecule has 0 saturated carbocycles. The quantitative estimate of drug-likeness (QED) is 0.636. The number of carbonyl (C=O) groups is 2. The average Bonchev–Trinajstić information content (AvgIpc) is 2.72. The lowest BCUT2D eigenvalue weighted by atomic mass is 10.2. The lowest BCUT2D eigenvalue weighted by Gasteiger charge is -2.10. The van der Waals surface area contributed by atoms with Gasteiger partial charge < -0.3 is 15.4 Å². The van der Waals surface area contributed by atoms with Crippen LogP contribution in [0.4, 0.5) is 11.5 Å². The van der Waals surface area contributed by atoms with Gasteiger partial charge in [0.15, 0.2) is 0 Å².